The number of rotatable bonds is 17. The minimum Gasteiger partial charge on any atom is -0.491 e. The maximum Gasteiger partial charge on any atom is 0.317 e. The molecule has 0 saturated carbocycles. The van der Waals surface area contributed by atoms with Crippen molar-refractivity contribution in [1.29, 1.82) is 0 Å². The molecule has 0 aliphatic carbocycles. The van der Waals surface area contributed by atoms with E-state index in [9.17, 15) is 23.8 Å². The lowest BCUT2D eigenvalue weighted by Gasteiger charge is -2.44. The number of fused-ring (bicyclic) bond motifs is 1. The Kier molecular flexibility index (Phi) is 12.9. The van der Waals surface area contributed by atoms with Crippen LogP contribution in [-0.2, 0) is 14.3 Å². The first kappa shape index (κ1) is 35.6. The van der Waals surface area contributed by atoms with Crippen molar-refractivity contribution in [2.24, 2.45) is 11.3 Å². The number of hydrogen-bond acceptors (Lipinski definition) is 8. The number of ether oxygens (including phenoxy) is 2. The summed E-state index contributed by atoms with van der Waals surface area (Å²) in [7, 11) is 0.675. The summed E-state index contributed by atoms with van der Waals surface area (Å²) in [5.41, 5.74) is 1.81. The molecule has 2 unspecified atom stereocenters. The minimum atomic E-state index is -3.19. The molecule has 0 spiro atoms. The summed E-state index contributed by atoms with van der Waals surface area (Å²) in [6, 6.07) is 13.1. The van der Waals surface area contributed by atoms with Crippen LogP contribution >= 0.6 is 10.6 Å². The van der Waals surface area contributed by atoms with E-state index in [1.807, 2.05) is 61.5 Å². The van der Waals surface area contributed by atoms with Gasteiger partial charge in [0, 0.05) is 37.7 Å². The highest BCUT2D eigenvalue weighted by molar-refractivity contribution is 8.24. The van der Waals surface area contributed by atoms with Crippen molar-refractivity contribution in [1.82, 2.24) is 0 Å². The third-order valence-corrected chi connectivity index (χ3v) is 10.6. The van der Waals surface area contributed by atoms with Crippen molar-refractivity contribution in [3.05, 3.63) is 53.6 Å². The van der Waals surface area contributed by atoms with E-state index in [1.54, 1.807) is 0 Å². The highest BCUT2D eigenvalue weighted by atomic mass is 32.3. The van der Waals surface area contributed by atoms with E-state index in [0.29, 0.717) is 23.5 Å². The fourth-order valence-corrected chi connectivity index (χ4v) is 8.34. The predicted molar refractivity (Wildman–Crippen MR) is 172 cm³/mol. The first-order valence-corrected chi connectivity index (χ1v) is 17.1. The van der Waals surface area contributed by atoms with E-state index in [-0.39, 0.29) is 32.0 Å². The number of anilines is 1. The molecule has 5 N–H and O–H groups in total. The number of hydrogen-bond donors (Lipinski definition) is 5. The number of unbranched alkanes of at least 4 members (excludes halogenated alkanes) is 2. The van der Waals surface area contributed by atoms with Crippen molar-refractivity contribution >= 4 is 28.2 Å². The molecule has 1 aliphatic rings. The van der Waals surface area contributed by atoms with Crippen molar-refractivity contribution in [3.8, 4) is 5.75 Å². The lowest BCUT2D eigenvalue weighted by Crippen LogP contribution is -2.42. The smallest absolute Gasteiger partial charge is 0.317 e. The molecule has 0 aromatic heterocycles. The second kappa shape index (κ2) is 15.9. The van der Waals surface area contributed by atoms with E-state index < -0.39 is 45.9 Å². The number of aliphatic hydroxyl groups is 1. The Balaban J connectivity index is 1.88. The highest BCUT2D eigenvalue weighted by Gasteiger charge is 2.49. The number of nitrogens with zero attached hydrogens (tertiary/aromatic N) is 1. The Labute approximate surface area is 262 Å². The normalized spacial score (nSPS) is 19.5. The van der Waals surface area contributed by atoms with E-state index in [1.165, 1.54) is 0 Å². The standard InChI is InChI=1S/C33H49NO9S/c1-5-7-16-33(17-8-6-2)22-44(40,41)28-14-11-24(34(3)4)21-27(28)29(30(33)35)23-9-12-25(13-10-23)43-20-19-42-18-15-26(31(36)37)32(38)39/h9-14,21,26,29-30,35,40-41H,5-8,15-20,22H2,1-4H3,(H,36,37)(H,38,39). The van der Waals surface area contributed by atoms with Gasteiger partial charge in [-0.25, -0.2) is 0 Å². The van der Waals surface area contributed by atoms with Gasteiger partial charge in [-0.15, -0.1) is 0 Å². The average molecular weight is 636 g/mol. The molecule has 2 aromatic carbocycles. The van der Waals surface area contributed by atoms with Crippen LogP contribution in [0.25, 0.3) is 0 Å². The van der Waals surface area contributed by atoms with Crippen LogP contribution in [0.15, 0.2) is 47.4 Å². The van der Waals surface area contributed by atoms with Crippen molar-refractivity contribution in [2.45, 2.75) is 75.7 Å². The molecule has 1 aliphatic heterocycles. The summed E-state index contributed by atoms with van der Waals surface area (Å²) < 4.78 is 34.5. The number of carboxylic acid groups (broad SMARTS) is 2. The molecule has 0 fully saturated rings. The van der Waals surface area contributed by atoms with Gasteiger partial charge >= 0.3 is 11.9 Å². The van der Waals surface area contributed by atoms with Gasteiger partial charge in [-0.3, -0.25) is 18.7 Å². The van der Waals surface area contributed by atoms with Crippen LogP contribution in [0.5, 0.6) is 5.75 Å². The Hall–Kier alpha value is -2.83. The van der Waals surface area contributed by atoms with Crippen molar-refractivity contribution in [2.75, 3.05) is 44.6 Å². The number of carbonyl (C=O) groups is 2. The zero-order valence-electron chi connectivity index (χ0n) is 26.3. The number of aliphatic carboxylic acids is 2. The number of carboxylic acids is 2. The molecule has 1 heterocycles. The number of benzene rings is 2. The van der Waals surface area contributed by atoms with Crippen LogP contribution in [0.4, 0.5) is 5.69 Å². The van der Waals surface area contributed by atoms with Crippen LogP contribution < -0.4 is 9.64 Å². The average Bonchev–Trinajstić information content (AvgIpc) is 3.04. The lowest BCUT2D eigenvalue weighted by molar-refractivity contribution is -0.155. The quantitative estimate of drug-likeness (QED) is 0.0986. The fourth-order valence-electron chi connectivity index (χ4n) is 6.07. The minimum absolute atomic E-state index is 0.0174. The van der Waals surface area contributed by atoms with E-state index in [0.717, 1.165) is 42.5 Å². The van der Waals surface area contributed by atoms with Crippen LogP contribution in [0.3, 0.4) is 0 Å². The molecular weight excluding hydrogens is 586 g/mol. The molecule has 0 bridgehead atoms. The molecule has 10 nitrogen and oxygen atoms in total. The lowest BCUT2D eigenvalue weighted by atomic mass is 9.68. The van der Waals surface area contributed by atoms with Gasteiger partial charge in [-0.1, -0.05) is 51.7 Å². The van der Waals surface area contributed by atoms with Gasteiger partial charge in [0.1, 0.15) is 12.4 Å². The van der Waals surface area contributed by atoms with Gasteiger partial charge in [0.2, 0.25) is 0 Å². The van der Waals surface area contributed by atoms with Gasteiger partial charge in [0.15, 0.2) is 5.92 Å². The Bertz CT molecular complexity index is 1210. The number of aliphatic hydroxyl groups excluding tert-OH is 1. The van der Waals surface area contributed by atoms with Crippen LogP contribution in [0.1, 0.15) is 75.8 Å². The monoisotopic (exact) mass is 635 g/mol. The molecule has 11 heteroatoms. The van der Waals surface area contributed by atoms with E-state index >= 15 is 0 Å². The molecule has 0 radical (unpaired) electrons. The van der Waals surface area contributed by atoms with Gasteiger partial charge in [0.05, 0.1) is 23.4 Å². The second-order valence-electron chi connectivity index (χ2n) is 12.0. The third-order valence-electron chi connectivity index (χ3n) is 8.57. The Morgan fingerprint density at radius 3 is 2.11 bits per heavy atom. The summed E-state index contributed by atoms with van der Waals surface area (Å²) in [5.74, 6) is -4.07. The largest absolute Gasteiger partial charge is 0.491 e. The van der Waals surface area contributed by atoms with Crippen molar-refractivity contribution in [3.63, 3.8) is 0 Å². The zero-order valence-corrected chi connectivity index (χ0v) is 27.1. The maximum atomic E-state index is 12.3. The first-order chi connectivity index (χ1) is 20.9. The van der Waals surface area contributed by atoms with Gasteiger partial charge in [-0.2, -0.15) is 10.6 Å². The summed E-state index contributed by atoms with van der Waals surface area (Å²) in [6.45, 7) is 4.54. The Morgan fingerprint density at radius 1 is 0.955 bits per heavy atom. The van der Waals surface area contributed by atoms with E-state index in [2.05, 4.69) is 13.8 Å². The molecule has 44 heavy (non-hydrogen) atoms. The topological polar surface area (TPSA) is 157 Å². The SMILES string of the molecule is CCCCC1(CCCC)CS(O)(O)c2ccc(N(C)C)cc2C(c2ccc(OCCOCCC(C(=O)O)C(=O)O)cc2)C1O. The summed E-state index contributed by atoms with van der Waals surface area (Å²) in [5, 5.41) is 30.3. The van der Waals surface area contributed by atoms with Gasteiger partial charge < -0.3 is 29.7 Å². The van der Waals surface area contributed by atoms with Gasteiger partial charge in [-0.05, 0) is 60.7 Å². The molecule has 0 amide bonds. The van der Waals surface area contributed by atoms with E-state index in [4.69, 9.17) is 19.7 Å². The fraction of sp³-hybridized carbons (Fsp3) is 0.576. The zero-order chi connectivity index (χ0) is 32.5. The maximum absolute atomic E-state index is 12.3. The molecular formula is C33H49NO9S. The summed E-state index contributed by atoms with van der Waals surface area (Å²) >= 11 is 0. The molecule has 3 rings (SSSR count). The predicted octanol–water partition coefficient (Wildman–Crippen LogP) is 6.31. The molecule has 2 atom stereocenters. The molecule has 2 aromatic rings. The van der Waals surface area contributed by atoms with Crippen LogP contribution in [0, 0.1) is 11.3 Å². The van der Waals surface area contributed by atoms with Crippen LogP contribution in [-0.4, -0.2) is 82.1 Å². The van der Waals surface area contributed by atoms with Gasteiger partial charge in [0.25, 0.3) is 0 Å². The summed E-state index contributed by atoms with van der Waals surface area (Å²) in [4.78, 5) is 24.5. The first-order valence-electron chi connectivity index (χ1n) is 15.4. The second-order valence-corrected chi connectivity index (χ2v) is 14.0. The third kappa shape index (κ3) is 8.66. The molecule has 0 saturated heterocycles. The summed E-state index contributed by atoms with van der Waals surface area (Å²) in [6.07, 6.45) is 4.07. The van der Waals surface area contributed by atoms with Crippen molar-refractivity contribution < 1.29 is 43.5 Å². The highest BCUT2D eigenvalue weighted by Crippen LogP contribution is 2.62. The Morgan fingerprint density at radius 2 is 1.57 bits per heavy atom. The molecule has 246 valence electrons. The van der Waals surface area contributed by atoms with Crippen LogP contribution in [0.2, 0.25) is 0 Å².